The highest BCUT2D eigenvalue weighted by Crippen LogP contribution is 2.19. The molecule has 0 aliphatic rings. The minimum atomic E-state index is -0.629. The molecule has 7 nitrogen and oxygen atoms in total. The second-order valence-corrected chi connectivity index (χ2v) is 4.82. The molecule has 1 heterocycles. The fourth-order valence-electron chi connectivity index (χ4n) is 1.62. The highest BCUT2D eigenvalue weighted by molar-refractivity contribution is 6.30. The van der Waals surface area contributed by atoms with Crippen LogP contribution in [-0.2, 0) is 16.1 Å². The van der Waals surface area contributed by atoms with Gasteiger partial charge in [0.1, 0.15) is 18.0 Å². The zero-order valence-corrected chi connectivity index (χ0v) is 12.2. The van der Waals surface area contributed by atoms with Gasteiger partial charge in [0.2, 0.25) is 11.8 Å². The molecule has 22 heavy (non-hydrogen) atoms. The standard InChI is InChI=1S/C13H13ClFN5O2/c14-8-1-2-10(9(15)5-8)19-13(22)4-3-12(21)16-6-11-17-7-18-20-11/h1-2,5,7H,3-4,6H2,(H,16,21)(H,19,22)(H,17,18,20). The number of rotatable bonds is 6. The van der Waals surface area contributed by atoms with Crippen molar-refractivity contribution >= 4 is 29.1 Å². The molecule has 9 heteroatoms. The van der Waals surface area contributed by atoms with Gasteiger partial charge in [0.25, 0.3) is 0 Å². The van der Waals surface area contributed by atoms with Crippen LogP contribution in [0.5, 0.6) is 0 Å². The summed E-state index contributed by atoms with van der Waals surface area (Å²) >= 11 is 5.62. The highest BCUT2D eigenvalue weighted by atomic mass is 35.5. The number of hydrogen-bond donors (Lipinski definition) is 3. The largest absolute Gasteiger partial charge is 0.349 e. The molecule has 0 fully saturated rings. The maximum absolute atomic E-state index is 13.5. The fraction of sp³-hybridized carbons (Fsp3) is 0.231. The number of benzene rings is 1. The molecule has 0 aliphatic carbocycles. The van der Waals surface area contributed by atoms with Crippen LogP contribution in [0.4, 0.5) is 10.1 Å². The second kappa shape index (κ2) is 7.51. The minimum Gasteiger partial charge on any atom is -0.349 e. The van der Waals surface area contributed by atoms with Gasteiger partial charge < -0.3 is 10.6 Å². The van der Waals surface area contributed by atoms with Crippen molar-refractivity contribution in [2.75, 3.05) is 5.32 Å². The Hall–Kier alpha value is -2.48. The third-order valence-corrected chi connectivity index (χ3v) is 2.94. The lowest BCUT2D eigenvalue weighted by molar-refractivity contribution is -0.124. The van der Waals surface area contributed by atoms with E-state index in [9.17, 15) is 14.0 Å². The Balaban J connectivity index is 1.74. The summed E-state index contributed by atoms with van der Waals surface area (Å²) in [5, 5.41) is 11.4. The van der Waals surface area contributed by atoms with E-state index in [0.717, 1.165) is 6.07 Å². The normalized spacial score (nSPS) is 10.3. The number of aromatic nitrogens is 3. The molecule has 0 saturated carbocycles. The third-order valence-electron chi connectivity index (χ3n) is 2.70. The molecular formula is C13H13ClFN5O2. The van der Waals surface area contributed by atoms with Crippen molar-refractivity contribution in [1.29, 1.82) is 0 Å². The quantitative estimate of drug-likeness (QED) is 0.751. The lowest BCUT2D eigenvalue weighted by Crippen LogP contribution is -2.25. The van der Waals surface area contributed by atoms with Crippen molar-refractivity contribution in [2.45, 2.75) is 19.4 Å². The Morgan fingerprint density at radius 3 is 2.73 bits per heavy atom. The first kappa shape index (κ1) is 15.9. The van der Waals surface area contributed by atoms with E-state index in [2.05, 4.69) is 25.8 Å². The molecule has 2 rings (SSSR count). The van der Waals surface area contributed by atoms with Crippen molar-refractivity contribution in [3.63, 3.8) is 0 Å². The average molecular weight is 326 g/mol. The van der Waals surface area contributed by atoms with Gasteiger partial charge in [0.15, 0.2) is 0 Å². The number of halogens is 2. The van der Waals surface area contributed by atoms with Gasteiger partial charge in [-0.05, 0) is 18.2 Å². The van der Waals surface area contributed by atoms with Crippen LogP contribution in [0.2, 0.25) is 5.02 Å². The number of nitrogens with zero attached hydrogens (tertiary/aromatic N) is 2. The number of carbonyl (C=O) groups is 2. The van der Waals surface area contributed by atoms with E-state index in [1.165, 1.54) is 18.5 Å². The van der Waals surface area contributed by atoms with Crippen molar-refractivity contribution in [3.05, 3.63) is 41.2 Å². The van der Waals surface area contributed by atoms with Crippen LogP contribution in [0.1, 0.15) is 18.7 Å². The van der Waals surface area contributed by atoms with Gasteiger partial charge in [0, 0.05) is 17.9 Å². The predicted octanol–water partition coefficient (Wildman–Crippen LogP) is 1.63. The van der Waals surface area contributed by atoms with Crippen LogP contribution in [0, 0.1) is 5.82 Å². The molecule has 0 bridgehead atoms. The molecule has 0 spiro atoms. The van der Waals surface area contributed by atoms with Gasteiger partial charge >= 0.3 is 0 Å². The van der Waals surface area contributed by atoms with Crippen molar-refractivity contribution in [2.24, 2.45) is 0 Å². The van der Waals surface area contributed by atoms with E-state index < -0.39 is 11.7 Å². The number of carbonyl (C=O) groups excluding carboxylic acids is 2. The molecule has 0 radical (unpaired) electrons. The first-order valence-corrected chi connectivity index (χ1v) is 6.78. The van der Waals surface area contributed by atoms with Crippen LogP contribution in [-0.4, -0.2) is 27.0 Å². The van der Waals surface area contributed by atoms with Gasteiger partial charge in [0.05, 0.1) is 12.2 Å². The molecular weight excluding hydrogens is 313 g/mol. The number of nitrogens with one attached hydrogen (secondary N) is 3. The van der Waals surface area contributed by atoms with E-state index in [0.29, 0.717) is 5.82 Å². The van der Waals surface area contributed by atoms with Gasteiger partial charge in [-0.1, -0.05) is 11.6 Å². The van der Waals surface area contributed by atoms with E-state index in [1.807, 2.05) is 0 Å². The summed E-state index contributed by atoms with van der Waals surface area (Å²) in [5.74, 6) is -0.893. The summed E-state index contributed by atoms with van der Waals surface area (Å²) in [6, 6.07) is 3.92. The first-order valence-electron chi connectivity index (χ1n) is 6.40. The Kier molecular flexibility index (Phi) is 5.42. The summed E-state index contributed by atoms with van der Waals surface area (Å²) in [6.45, 7) is 0.201. The van der Waals surface area contributed by atoms with Gasteiger partial charge in [-0.15, -0.1) is 0 Å². The lowest BCUT2D eigenvalue weighted by atomic mass is 10.2. The van der Waals surface area contributed by atoms with Gasteiger partial charge in [-0.3, -0.25) is 14.7 Å². The van der Waals surface area contributed by atoms with Crippen LogP contribution in [0.15, 0.2) is 24.5 Å². The van der Waals surface area contributed by atoms with E-state index in [1.54, 1.807) is 0 Å². The van der Waals surface area contributed by atoms with E-state index in [4.69, 9.17) is 11.6 Å². The summed E-state index contributed by atoms with van der Waals surface area (Å²) in [4.78, 5) is 27.1. The second-order valence-electron chi connectivity index (χ2n) is 4.38. The fourth-order valence-corrected chi connectivity index (χ4v) is 1.78. The zero-order chi connectivity index (χ0) is 15.9. The number of hydrogen-bond acceptors (Lipinski definition) is 4. The Morgan fingerprint density at radius 2 is 2.05 bits per heavy atom. The molecule has 0 saturated heterocycles. The predicted molar refractivity (Wildman–Crippen MR) is 77.5 cm³/mol. The van der Waals surface area contributed by atoms with Gasteiger partial charge in [-0.25, -0.2) is 9.37 Å². The topological polar surface area (TPSA) is 99.8 Å². The van der Waals surface area contributed by atoms with Crippen molar-refractivity contribution < 1.29 is 14.0 Å². The summed E-state index contributed by atoms with van der Waals surface area (Å²) < 4.78 is 13.5. The Labute approximate surface area is 130 Å². The number of aromatic amines is 1. The van der Waals surface area contributed by atoms with Crippen molar-refractivity contribution in [1.82, 2.24) is 20.5 Å². The van der Waals surface area contributed by atoms with Crippen LogP contribution >= 0.6 is 11.6 Å². The van der Waals surface area contributed by atoms with Crippen LogP contribution < -0.4 is 10.6 Å². The van der Waals surface area contributed by atoms with Gasteiger partial charge in [-0.2, -0.15) is 5.10 Å². The smallest absolute Gasteiger partial charge is 0.224 e. The summed E-state index contributed by atoms with van der Waals surface area (Å²) in [6.07, 6.45) is 1.25. The van der Waals surface area contributed by atoms with E-state index >= 15 is 0 Å². The zero-order valence-electron chi connectivity index (χ0n) is 11.4. The van der Waals surface area contributed by atoms with Crippen LogP contribution in [0.25, 0.3) is 0 Å². The Bertz CT molecular complexity index is 662. The molecule has 2 aromatic rings. The molecule has 0 aliphatic heterocycles. The molecule has 0 unspecified atom stereocenters. The molecule has 0 atom stereocenters. The lowest BCUT2D eigenvalue weighted by Gasteiger charge is -2.07. The summed E-state index contributed by atoms with van der Waals surface area (Å²) in [5.41, 5.74) is 0.0245. The maximum atomic E-state index is 13.5. The molecule has 1 aromatic carbocycles. The summed E-state index contributed by atoms with van der Waals surface area (Å²) in [7, 11) is 0. The number of amides is 2. The first-order chi connectivity index (χ1) is 10.5. The van der Waals surface area contributed by atoms with E-state index in [-0.39, 0.29) is 36.0 Å². The third kappa shape index (κ3) is 4.81. The number of anilines is 1. The SMILES string of the molecule is O=C(CCC(=O)Nc1ccc(Cl)cc1F)NCc1ncn[nH]1. The van der Waals surface area contributed by atoms with Crippen LogP contribution in [0.3, 0.4) is 0 Å². The molecule has 116 valence electrons. The molecule has 3 N–H and O–H groups in total. The average Bonchev–Trinajstić information content (AvgIpc) is 2.99. The Morgan fingerprint density at radius 1 is 1.27 bits per heavy atom. The maximum Gasteiger partial charge on any atom is 0.224 e. The minimum absolute atomic E-state index is 0.0187. The highest BCUT2D eigenvalue weighted by Gasteiger charge is 2.10. The van der Waals surface area contributed by atoms with Crippen molar-refractivity contribution in [3.8, 4) is 0 Å². The molecule has 2 amide bonds. The monoisotopic (exact) mass is 325 g/mol. The molecule has 1 aromatic heterocycles. The number of H-pyrrole nitrogens is 1.